The average Bonchev–Trinajstić information content (AvgIpc) is 2.29. The van der Waals surface area contributed by atoms with Gasteiger partial charge in [0.25, 0.3) is 0 Å². The highest BCUT2D eigenvalue weighted by Crippen LogP contribution is 2.22. The number of hydrogen-bond donors (Lipinski definition) is 1. The van der Waals surface area contributed by atoms with Crippen molar-refractivity contribution in [1.82, 2.24) is 4.98 Å². The Bertz CT molecular complexity index is 257. The van der Waals surface area contributed by atoms with Crippen LogP contribution >= 0.6 is 11.8 Å². The molecule has 1 fully saturated rings. The van der Waals surface area contributed by atoms with E-state index in [1.165, 1.54) is 24.3 Å². The van der Waals surface area contributed by atoms with Crippen LogP contribution < -0.4 is 5.32 Å². The summed E-state index contributed by atoms with van der Waals surface area (Å²) in [6.45, 7) is 1.10. The van der Waals surface area contributed by atoms with Crippen LogP contribution in [0.3, 0.4) is 0 Å². The van der Waals surface area contributed by atoms with Crippen molar-refractivity contribution in [2.75, 3.05) is 23.4 Å². The van der Waals surface area contributed by atoms with Crippen molar-refractivity contribution < 1.29 is 0 Å². The molecule has 2 rings (SSSR count). The number of hydrogen-bond acceptors (Lipinski definition) is 3. The standard InChI is InChI=1S/C11H16N2S/c1-4-11(8-12-5-1)13-7-10-3-2-6-14-9-10/h1,4-5,8,10,13H,2-3,6-7,9H2. The van der Waals surface area contributed by atoms with Crippen LogP contribution in [0.4, 0.5) is 5.69 Å². The second kappa shape index (κ2) is 5.25. The Balaban J connectivity index is 1.76. The molecule has 1 N–H and O–H groups in total. The van der Waals surface area contributed by atoms with E-state index in [1.54, 1.807) is 0 Å². The molecule has 14 heavy (non-hydrogen) atoms. The van der Waals surface area contributed by atoms with E-state index in [-0.39, 0.29) is 0 Å². The fraction of sp³-hybridized carbons (Fsp3) is 0.545. The van der Waals surface area contributed by atoms with Crippen LogP contribution in [-0.2, 0) is 0 Å². The van der Waals surface area contributed by atoms with Crippen molar-refractivity contribution in [3.63, 3.8) is 0 Å². The van der Waals surface area contributed by atoms with Crippen LogP contribution in [0.5, 0.6) is 0 Å². The third-order valence-corrected chi connectivity index (χ3v) is 3.80. The van der Waals surface area contributed by atoms with Crippen molar-refractivity contribution in [2.24, 2.45) is 5.92 Å². The lowest BCUT2D eigenvalue weighted by atomic mass is 10.1. The molecule has 3 heteroatoms. The molecule has 0 radical (unpaired) electrons. The zero-order chi connectivity index (χ0) is 9.64. The molecule has 0 spiro atoms. The molecule has 1 aromatic rings. The van der Waals surface area contributed by atoms with Gasteiger partial charge in [-0.15, -0.1) is 0 Å². The predicted octanol–water partition coefficient (Wildman–Crippen LogP) is 2.64. The number of pyridine rings is 1. The summed E-state index contributed by atoms with van der Waals surface area (Å²) in [7, 11) is 0. The van der Waals surface area contributed by atoms with Crippen molar-refractivity contribution in [3.05, 3.63) is 24.5 Å². The van der Waals surface area contributed by atoms with Gasteiger partial charge in [0.1, 0.15) is 0 Å². The van der Waals surface area contributed by atoms with Gasteiger partial charge in [-0.1, -0.05) is 0 Å². The van der Waals surface area contributed by atoms with Crippen LogP contribution in [0, 0.1) is 5.92 Å². The minimum absolute atomic E-state index is 0.842. The number of rotatable bonds is 3. The maximum atomic E-state index is 4.08. The molecular weight excluding hydrogens is 192 g/mol. The van der Waals surface area contributed by atoms with Gasteiger partial charge in [0.2, 0.25) is 0 Å². The van der Waals surface area contributed by atoms with Crippen LogP contribution in [0.25, 0.3) is 0 Å². The third-order valence-electron chi connectivity index (χ3n) is 2.51. The summed E-state index contributed by atoms with van der Waals surface area (Å²) in [5, 5.41) is 3.44. The molecule has 0 aliphatic carbocycles. The quantitative estimate of drug-likeness (QED) is 0.826. The molecule has 0 aromatic carbocycles. The normalized spacial score (nSPS) is 21.9. The van der Waals surface area contributed by atoms with Crippen LogP contribution in [-0.4, -0.2) is 23.0 Å². The molecule has 1 aromatic heterocycles. The second-order valence-corrected chi connectivity index (χ2v) is 4.86. The van der Waals surface area contributed by atoms with E-state index in [1.807, 2.05) is 18.5 Å². The molecule has 1 unspecified atom stereocenters. The zero-order valence-corrected chi connectivity index (χ0v) is 9.09. The first-order valence-electron chi connectivity index (χ1n) is 5.17. The lowest BCUT2D eigenvalue weighted by Gasteiger charge is -2.21. The molecule has 0 saturated carbocycles. The Labute approximate surface area is 89.5 Å². The predicted molar refractivity (Wildman–Crippen MR) is 62.8 cm³/mol. The van der Waals surface area contributed by atoms with Gasteiger partial charge in [-0.05, 0) is 42.4 Å². The highest BCUT2D eigenvalue weighted by molar-refractivity contribution is 7.99. The van der Waals surface area contributed by atoms with Gasteiger partial charge in [0.15, 0.2) is 0 Å². The number of anilines is 1. The number of aromatic nitrogens is 1. The smallest absolute Gasteiger partial charge is 0.0526 e. The highest BCUT2D eigenvalue weighted by Gasteiger charge is 2.12. The number of nitrogens with one attached hydrogen (secondary N) is 1. The lowest BCUT2D eigenvalue weighted by Crippen LogP contribution is -2.19. The summed E-state index contributed by atoms with van der Waals surface area (Å²) in [5.41, 5.74) is 1.14. The van der Waals surface area contributed by atoms with Crippen molar-refractivity contribution >= 4 is 17.4 Å². The molecule has 0 amide bonds. The first-order valence-corrected chi connectivity index (χ1v) is 6.32. The van der Waals surface area contributed by atoms with E-state index < -0.39 is 0 Å². The SMILES string of the molecule is c1cncc(NCC2CCCSC2)c1. The Morgan fingerprint density at radius 3 is 3.29 bits per heavy atom. The van der Waals surface area contributed by atoms with E-state index in [4.69, 9.17) is 0 Å². The Hall–Kier alpha value is -0.700. The fourth-order valence-electron chi connectivity index (χ4n) is 1.70. The van der Waals surface area contributed by atoms with E-state index in [0.717, 1.165) is 18.2 Å². The number of nitrogens with zero attached hydrogens (tertiary/aromatic N) is 1. The van der Waals surface area contributed by atoms with E-state index in [0.29, 0.717) is 0 Å². The van der Waals surface area contributed by atoms with Crippen molar-refractivity contribution in [1.29, 1.82) is 0 Å². The topological polar surface area (TPSA) is 24.9 Å². The minimum atomic E-state index is 0.842. The summed E-state index contributed by atoms with van der Waals surface area (Å²) in [5.74, 6) is 3.50. The van der Waals surface area contributed by atoms with Crippen LogP contribution in [0.2, 0.25) is 0 Å². The maximum Gasteiger partial charge on any atom is 0.0526 e. The van der Waals surface area contributed by atoms with Crippen LogP contribution in [0.1, 0.15) is 12.8 Å². The van der Waals surface area contributed by atoms with E-state index in [2.05, 4.69) is 28.1 Å². The summed E-state index contributed by atoms with van der Waals surface area (Å²) < 4.78 is 0. The Morgan fingerprint density at radius 2 is 2.57 bits per heavy atom. The number of thioether (sulfide) groups is 1. The lowest BCUT2D eigenvalue weighted by molar-refractivity contribution is 0.549. The summed E-state index contributed by atoms with van der Waals surface area (Å²) in [6, 6.07) is 4.04. The zero-order valence-electron chi connectivity index (χ0n) is 8.28. The van der Waals surface area contributed by atoms with Crippen molar-refractivity contribution in [2.45, 2.75) is 12.8 Å². The summed E-state index contributed by atoms with van der Waals surface area (Å²) in [4.78, 5) is 4.08. The molecule has 1 aliphatic rings. The molecule has 1 saturated heterocycles. The summed E-state index contributed by atoms with van der Waals surface area (Å²) in [6.07, 6.45) is 6.45. The molecule has 2 heterocycles. The maximum absolute atomic E-state index is 4.08. The molecular formula is C11H16N2S. The fourth-order valence-corrected chi connectivity index (χ4v) is 2.85. The molecule has 76 valence electrons. The minimum Gasteiger partial charge on any atom is -0.383 e. The molecule has 1 aliphatic heterocycles. The van der Waals surface area contributed by atoms with Gasteiger partial charge in [0.05, 0.1) is 5.69 Å². The van der Waals surface area contributed by atoms with E-state index in [9.17, 15) is 0 Å². The molecule has 1 atom stereocenters. The van der Waals surface area contributed by atoms with Gasteiger partial charge in [-0.25, -0.2) is 0 Å². The van der Waals surface area contributed by atoms with Gasteiger partial charge in [-0.2, -0.15) is 11.8 Å². The Morgan fingerprint density at radius 1 is 1.57 bits per heavy atom. The Kier molecular flexibility index (Phi) is 3.69. The van der Waals surface area contributed by atoms with Gasteiger partial charge in [-0.3, -0.25) is 4.98 Å². The van der Waals surface area contributed by atoms with Crippen molar-refractivity contribution in [3.8, 4) is 0 Å². The summed E-state index contributed by atoms with van der Waals surface area (Å²) >= 11 is 2.08. The second-order valence-electron chi connectivity index (χ2n) is 3.71. The van der Waals surface area contributed by atoms with Gasteiger partial charge < -0.3 is 5.32 Å². The first kappa shape index (κ1) is 9.84. The molecule has 2 nitrogen and oxygen atoms in total. The third kappa shape index (κ3) is 2.91. The monoisotopic (exact) mass is 208 g/mol. The van der Waals surface area contributed by atoms with Gasteiger partial charge in [0, 0.05) is 18.9 Å². The average molecular weight is 208 g/mol. The van der Waals surface area contributed by atoms with Gasteiger partial charge >= 0.3 is 0 Å². The highest BCUT2D eigenvalue weighted by atomic mass is 32.2. The largest absolute Gasteiger partial charge is 0.383 e. The van der Waals surface area contributed by atoms with Crippen LogP contribution in [0.15, 0.2) is 24.5 Å². The first-order chi connectivity index (χ1) is 6.95. The molecule has 0 bridgehead atoms. The van der Waals surface area contributed by atoms with E-state index >= 15 is 0 Å².